The summed E-state index contributed by atoms with van der Waals surface area (Å²) in [5.41, 5.74) is 5.44. The molecule has 0 aliphatic heterocycles. The number of aryl methyl sites for hydroxylation is 1. The molecule has 0 atom stereocenters. The van der Waals surface area contributed by atoms with E-state index >= 15 is 0 Å². The Labute approximate surface area is 177 Å². The molecule has 5 rings (SSSR count). The van der Waals surface area contributed by atoms with Crippen LogP contribution in [0.15, 0.2) is 78.9 Å². The molecule has 0 heterocycles. The Hall–Kier alpha value is -3.32. The average molecular weight is 391 g/mol. The summed E-state index contributed by atoms with van der Waals surface area (Å²) in [6, 6.07) is 27.6. The van der Waals surface area contributed by atoms with Gasteiger partial charge in [-0.3, -0.25) is 0 Å². The number of phenols is 1. The molecule has 30 heavy (non-hydrogen) atoms. The van der Waals surface area contributed by atoms with Crippen LogP contribution in [0.2, 0.25) is 0 Å². The fourth-order valence-corrected chi connectivity index (χ4v) is 4.96. The first-order valence-electron chi connectivity index (χ1n) is 10.9. The minimum Gasteiger partial charge on any atom is -0.507 e. The summed E-state index contributed by atoms with van der Waals surface area (Å²) in [5, 5.41) is 17.7. The summed E-state index contributed by atoms with van der Waals surface area (Å²) in [7, 11) is 0. The maximum absolute atomic E-state index is 11.1. The third-order valence-corrected chi connectivity index (χ3v) is 6.28. The maximum Gasteiger partial charge on any atom is 0.131 e. The molecule has 1 N–H and O–H groups in total. The minimum absolute atomic E-state index is 0.373. The van der Waals surface area contributed by atoms with Crippen LogP contribution in [0.3, 0.4) is 0 Å². The molecule has 0 saturated carbocycles. The van der Waals surface area contributed by atoms with Gasteiger partial charge in [0.15, 0.2) is 0 Å². The van der Waals surface area contributed by atoms with Gasteiger partial charge in [0, 0.05) is 10.8 Å². The lowest BCUT2D eigenvalue weighted by Gasteiger charge is -2.21. The van der Waals surface area contributed by atoms with E-state index in [1.807, 2.05) is 24.3 Å². The molecule has 0 unspecified atom stereocenters. The second-order valence-corrected chi connectivity index (χ2v) is 8.03. The Morgan fingerprint density at radius 1 is 0.633 bits per heavy atom. The number of rotatable bonds is 4. The molecule has 0 spiro atoms. The zero-order chi connectivity index (χ0) is 20.7. The van der Waals surface area contributed by atoms with Crippen molar-refractivity contribution in [3.8, 4) is 16.9 Å². The van der Waals surface area contributed by atoms with Crippen LogP contribution in [0.1, 0.15) is 31.4 Å². The Kier molecular flexibility index (Phi) is 4.67. The standard InChI is InChI=1S/C29H26O/c1-3-11-21-19(4-2)18-20-12-5-6-13-22(20)27(21)28-23-14-7-9-16-25(23)29(30)26-17-10-8-15-24(26)28/h5-10,12-18,30H,3-4,11H2,1-2H3. The van der Waals surface area contributed by atoms with Crippen molar-refractivity contribution in [2.24, 2.45) is 0 Å². The molecule has 148 valence electrons. The summed E-state index contributed by atoms with van der Waals surface area (Å²) in [4.78, 5) is 0. The molecule has 1 heteroatoms. The number of aromatic hydroxyl groups is 1. The largest absolute Gasteiger partial charge is 0.507 e. The van der Waals surface area contributed by atoms with Crippen molar-refractivity contribution in [3.05, 3.63) is 90.0 Å². The van der Waals surface area contributed by atoms with E-state index in [2.05, 4.69) is 68.4 Å². The van der Waals surface area contributed by atoms with Crippen molar-refractivity contribution in [3.63, 3.8) is 0 Å². The van der Waals surface area contributed by atoms with Crippen LogP contribution < -0.4 is 0 Å². The van der Waals surface area contributed by atoms with Gasteiger partial charge in [-0.05, 0) is 56.6 Å². The zero-order valence-electron chi connectivity index (χ0n) is 17.6. The van der Waals surface area contributed by atoms with Crippen LogP contribution in [0.25, 0.3) is 43.4 Å². The molecule has 0 aliphatic carbocycles. The van der Waals surface area contributed by atoms with Gasteiger partial charge in [0.25, 0.3) is 0 Å². The summed E-state index contributed by atoms with van der Waals surface area (Å²) >= 11 is 0. The first kappa shape index (κ1) is 18.7. The highest BCUT2D eigenvalue weighted by Gasteiger charge is 2.20. The van der Waals surface area contributed by atoms with E-state index in [1.165, 1.54) is 33.0 Å². The van der Waals surface area contributed by atoms with Gasteiger partial charge < -0.3 is 5.11 Å². The molecule has 5 aromatic carbocycles. The number of hydrogen-bond donors (Lipinski definition) is 1. The van der Waals surface area contributed by atoms with Gasteiger partial charge in [-0.2, -0.15) is 0 Å². The molecule has 0 radical (unpaired) electrons. The average Bonchev–Trinajstić information content (AvgIpc) is 2.80. The smallest absolute Gasteiger partial charge is 0.131 e. The van der Waals surface area contributed by atoms with Gasteiger partial charge >= 0.3 is 0 Å². The molecule has 5 aromatic rings. The Morgan fingerprint density at radius 2 is 1.17 bits per heavy atom. The fourth-order valence-electron chi connectivity index (χ4n) is 4.96. The van der Waals surface area contributed by atoms with Crippen molar-refractivity contribution in [2.45, 2.75) is 33.1 Å². The second kappa shape index (κ2) is 7.50. The van der Waals surface area contributed by atoms with Crippen molar-refractivity contribution in [1.82, 2.24) is 0 Å². The van der Waals surface area contributed by atoms with Crippen LogP contribution in [-0.2, 0) is 12.8 Å². The molecule has 0 amide bonds. The normalized spacial score (nSPS) is 11.5. The van der Waals surface area contributed by atoms with E-state index < -0.39 is 0 Å². The first-order valence-corrected chi connectivity index (χ1v) is 10.9. The summed E-state index contributed by atoms with van der Waals surface area (Å²) in [6.45, 7) is 4.51. The quantitative estimate of drug-likeness (QED) is 0.308. The Bertz CT molecular complexity index is 1340. The van der Waals surface area contributed by atoms with Gasteiger partial charge in [0.2, 0.25) is 0 Å². The molecule has 0 bridgehead atoms. The number of phenolic OH excluding ortho intramolecular Hbond substituents is 1. The predicted octanol–water partition coefficient (Wildman–Crippen LogP) is 8.03. The van der Waals surface area contributed by atoms with Crippen LogP contribution in [0, 0.1) is 0 Å². The highest BCUT2D eigenvalue weighted by molar-refractivity contribution is 6.20. The highest BCUT2D eigenvalue weighted by atomic mass is 16.3. The molecule has 0 aliphatic rings. The fraction of sp³-hybridized carbons (Fsp3) is 0.172. The monoisotopic (exact) mass is 390 g/mol. The van der Waals surface area contributed by atoms with Crippen molar-refractivity contribution in [1.29, 1.82) is 0 Å². The van der Waals surface area contributed by atoms with Gasteiger partial charge in [-0.15, -0.1) is 0 Å². The van der Waals surface area contributed by atoms with Crippen LogP contribution >= 0.6 is 0 Å². The maximum atomic E-state index is 11.1. The Balaban J connectivity index is 2.08. The lowest BCUT2D eigenvalue weighted by atomic mass is 9.83. The number of fused-ring (bicyclic) bond motifs is 3. The van der Waals surface area contributed by atoms with Gasteiger partial charge in [-0.25, -0.2) is 0 Å². The topological polar surface area (TPSA) is 20.2 Å². The number of benzene rings is 5. The molecule has 0 saturated heterocycles. The lowest BCUT2D eigenvalue weighted by Crippen LogP contribution is -2.00. The van der Waals surface area contributed by atoms with Gasteiger partial charge in [0.1, 0.15) is 5.75 Å². The van der Waals surface area contributed by atoms with Crippen molar-refractivity contribution < 1.29 is 5.11 Å². The molecular weight excluding hydrogens is 364 g/mol. The van der Waals surface area contributed by atoms with E-state index in [0.29, 0.717) is 5.75 Å². The molecular formula is C29H26O. The number of hydrogen-bond acceptors (Lipinski definition) is 1. The van der Waals surface area contributed by atoms with E-state index in [4.69, 9.17) is 0 Å². The molecule has 0 fully saturated rings. The highest BCUT2D eigenvalue weighted by Crippen LogP contribution is 2.46. The van der Waals surface area contributed by atoms with Crippen molar-refractivity contribution in [2.75, 3.05) is 0 Å². The third kappa shape index (κ3) is 2.77. The van der Waals surface area contributed by atoms with Crippen molar-refractivity contribution >= 4 is 32.3 Å². The van der Waals surface area contributed by atoms with E-state index in [-0.39, 0.29) is 0 Å². The molecule has 0 aromatic heterocycles. The second-order valence-electron chi connectivity index (χ2n) is 8.03. The van der Waals surface area contributed by atoms with Crippen LogP contribution in [0.4, 0.5) is 0 Å². The van der Waals surface area contributed by atoms with E-state index in [1.54, 1.807) is 0 Å². The SMILES string of the molecule is CCCc1c(CC)cc2ccccc2c1-c1c2ccccc2c(O)c2ccccc12. The van der Waals surface area contributed by atoms with Gasteiger partial charge in [-0.1, -0.05) is 99.1 Å². The van der Waals surface area contributed by atoms with Crippen LogP contribution in [-0.4, -0.2) is 5.11 Å². The summed E-state index contributed by atoms with van der Waals surface area (Å²) < 4.78 is 0. The lowest BCUT2D eigenvalue weighted by molar-refractivity contribution is 0.488. The zero-order valence-corrected chi connectivity index (χ0v) is 17.6. The van der Waals surface area contributed by atoms with E-state index in [9.17, 15) is 5.11 Å². The first-order chi connectivity index (χ1) is 14.7. The summed E-state index contributed by atoms with van der Waals surface area (Å²) in [6.07, 6.45) is 3.17. The predicted molar refractivity (Wildman–Crippen MR) is 129 cm³/mol. The van der Waals surface area contributed by atoms with Gasteiger partial charge in [0.05, 0.1) is 0 Å². The molecule has 1 nitrogen and oxygen atoms in total. The minimum atomic E-state index is 0.373. The van der Waals surface area contributed by atoms with Crippen LogP contribution in [0.5, 0.6) is 5.75 Å². The Morgan fingerprint density at radius 3 is 1.73 bits per heavy atom. The van der Waals surface area contributed by atoms with E-state index in [0.717, 1.165) is 40.8 Å². The third-order valence-electron chi connectivity index (χ3n) is 6.28. The summed E-state index contributed by atoms with van der Waals surface area (Å²) in [5.74, 6) is 0.373.